The number of fused-ring (bicyclic) bond motifs is 1. The minimum Gasteiger partial charge on any atom is -0.493 e. The zero-order chi connectivity index (χ0) is 19.4. The van der Waals surface area contributed by atoms with E-state index in [9.17, 15) is 9.59 Å². The van der Waals surface area contributed by atoms with Gasteiger partial charge in [0.1, 0.15) is 5.58 Å². The number of hydrogen-bond acceptors (Lipinski definition) is 6. The number of halogens is 1. The van der Waals surface area contributed by atoms with Crippen LogP contribution in [0.4, 0.5) is 0 Å². The number of amides is 1. The van der Waals surface area contributed by atoms with Gasteiger partial charge in [0.15, 0.2) is 17.3 Å². The number of para-hydroxylation sites is 1. The van der Waals surface area contributed by atoms with Crippen molar-refractivity contribution in [3.05, 3.63) is 58.3 Å². The van der Waals surface area contributed by atoms with Crippen molar-refractivity contribution in [3.8, 4) is 11.5 Å². The van der Waals surface area contributed by atoms with E-state index in [0.29, 0.717) is 21.4 Å². The minimum atomic E-state index is -0.470. The summed E-state index contributed by atoms with van der Waals surface area (Å²) in [5, 5.41) is 4.77. The van der Waals surface area contributed by atoms with Gasteiger partial charge in [0.05, 0.1) is 13.3 Å². The van der Waals surface area contributed by atoms with Crippen molar-refractivity contribution in [3.63, 3.8) is 0 Å². The molecule has 8 heteroatoms. The molecule has 3 aromatic rings. The Hall–Kier alpha value is -3.13. The fraction of sp³-hybridized carbons (Fsp3) is 0.105. The van der Waals surface area contributed by atoms with E-state index in [4.69, 9.17) is 13.9 Å². The van der Waals surface area contributed by atoms with Crippen LogP contribution in [0.25, 0.3) is 11.0 Å². The van der Waals surface area contributed by atoms with Gasteiger partial charge in [-0.2, -0.15) is 5.10 Å². The average Bonchev–Trinajstić information content (AvgIpc) is 3.07. The number of benzene rings is 2. The highest BCUT2D eigenvalue weighted by Gasteiger charge is 2.13. The lowest BCUT2D eigenvalue weighted by atomic mass is 10.2. The largest absolute Gasteiger partial charge is 0.493 e. The van der Waals surface area contributed by atoms with Crippen LogP contribution in [0.2, 0.25) is 0 Å². The Morgan fingerprint density at radius 1 is 1.19 bits per heavy atom. The molecule has 1 heterocycles. The fourth-order valence-corrected chi connectivity index (χ4v) is 2.78. The van der Waals surface area contributed by atoms with E-state index in [0.717, 1.165) is 5.39 Å². The Morgan fingerprint density at radius 3 is 2.67 bits per heavy atom. The standard InChI is InChI=1S/C19H15BrN2O5/c1-11(23)26-17-9-14(20)13(8-16(17)25-2)10-21-22-19(24)18-7-12-5-3-4-6-15(12)27-18/h3-10H,1-2H3,(H,22,24)/b21-10+. The molecule has 0 spiro atoms. The quantitative estimate of drug-likeness (QED) is 0.287. The third-order valence-corrected chi connectivity index (χ3v) is 4.24. The highest BCUT2D eigenvalue weighted by Crippen LogP contribution is 2.33. The van der Waals surface area contributed by atoms with Crippen LogP contribution in [-0.2, 0) is 4.79 Å². The molecule has 0 bridgehead atoms. The summed E-state index contributed by atoms with van der Waals surface area (Å²) in [6, 6.07) is 12.2. The second-order valence-electron chi connectivity index (χ2n) is 5.47. The summed E-state index contributed by atoms with van der Waals surface area (Å²) in [4.78, 5) is 23.3. The summed E-state index contributed by atoms with van der Waals surface area (Å²) in [6.07, 6.45) is 1.44. The number of hydrogen-bond donors (Lipinski definition) is 1. The van der Waals surface area contributed by atoms with E-state index in [-0.39, 0.29) is 11.5 Å². The van der Waals surface area contributed by atoms with Gasteiger partial charge in [0, 0.05) is 22.3 Å². The molecule has 1 aromatic heterocycles. The lowest BCUT2D eigenvalue weighted by molar-refractivity contribution is -0.132. The highest BCUT2D eigenvalue weighted by atomic mass is 79.9. The number of hydrazone groups is 1. The molecule has 0 saturated carbocycles. The van der Waals surface area contributed by atoms with Crippen LogP contribution in [0.15, 0.2) is 56.5 Å². The average molecular weight is 431 g/mol. The predicted octanol–water partition coefficient (Wildman–Crippen LogP) is 3.89. The number of carbonyl (C=O) groups excluding carboxylic acids is 2. The van der Waals surface area contributed by atoms with Gasteiger partial charge < -0.3 is 13.9 Å². The third kappa shape index (κ3) is 4.35. The molecule has 0 fully saturated rings. The smallest absolute Gasteiger partial charge is 0.308 e. The molecule has 27 heavy (non-hydrogen) atoms. The monoisotopic (exact) mass is 430 g/mol. The third-order valence-electron chi connectivity index (χ3n) is 3.56. The van der Waals surface area contributed by atoms with E-state index in [2.05, 4.69) is 26.5 Å². The Bertz CT molecular complexity index is 1010. The first-order valence-electron chi connectivity index (χ1n) is 7.86. The van der Waals surface area contributed by atoms with Crippen LogP contribution in [0.1, 0.15) is 23.0 Å². The summed E-state index contributed by atoms with van der Waals surface area (Å²) < 4.78 is 16.4. The second kappa shape index (κ2) is 8.05. The van der Waals surface area contributed by atoms with Gasteiger partial charge in [-0.15, -0.1) is 0 Å². The lowest BCUT2D eigenvalue weighted by Gasteiger charge is -2.10. The van der Waals surface area contributed by atoms with Crippen molar-refractivity contribution in [2.45, 2.75) is 6.92 Å². The maximum atomic E-state index is 12.2. The van der Waals surface area contributed by atoms with Crippen LogP contribution in [-0.4, -0.2) is 25.2 Å². The zero-order valence-corrected chi connectivity index (χ0v) is 16.1. The molecule has 3 rings (SSSR count). The fourth-order valence-electron chi connectivity index (χ4n) is 2.35. The number of methoxy groups -OCH3 is 1. The van der Waals surface area contributed by atoms with Gasteiger partial charge in [-0.1, -0.05) is 18.2 Å². The maximum Gasteiger partial charge on any atom is 0.308 e. The number of nitrogens with one attached hydrogen (secondary N) is 1. The van der Waals surface area contributed by atoms with Crippen molar-refractivity contribution in [2.24, 2.45) is 5.10 Å². The van der Waals surface area contributed by atoms with Gasteiger partial charge in [0.2, 0.25) is 0 Å². The van der Waals surface area contributed by atoms with Crippen molar-refractivity contribution in [1.82, 2.24) is 5.43 Å². The van der Waals surface area contributed by atoms with Crippen LogP contribution in [0.3, 0.4) is 0 Å². The summed E-state index contributed by atoms with van der Waals surface area (Å²) in [6.45, 7) is 1.30. The first-order valence-corrected chi connectivity index (χ1v) is 8.65. The maximum absolute atomic E-state index is 12.2. The zero-order valence-electron chi connectivity index (χ0n) is 14.5. The number of carbonyl (C=O) groups is 2. The van der Waals surface area contributed by atoms with Crippen LogP contribution >= 0.6 is 15.9 Å². The van der Waals surface area contributed by atoms with Gasteiger partial charge in [-0.25, -0.2) is 5.43 Å². The molecule has 7 nitrogen and oxygen atoms in total. The molecule has 1 N–H and O–H groups in total. The van der Waals surface area contributed by atoms with Gasteiger partial charge >= 0.3 is 11.9 Å². The number of furan rings is 1. The predicted molar refractivity (Wildman–Crippen MR) is 103 cm³/mol. The molecule has 138 valence electrons. The topological polar surface area (TPSA) is 90.1 Å². The summed E-state index contributed by atoms with van der Waals surface area (Å²) in [7, 11) is 1.46. The number of ether oxygens (including phenoxy) is 2. The van der Waals surface area contributed by atoms with Gasteiger partial charge in [-0.05, 0) is 40.2 Å². The SMILES string of the molecule is COc1cc(/C=N/NC(=O)c2cc3ccccc3o2)c(Br)cc1OC(C)=O. The number of esters is 1. The van der Waals surface area contributed by atoms with E-state index < -0.39 is 11.9 Å². The van der Waals surface area contributed by atoms with Crippen LogP contribution < -0.4 is 14.9 Å². The van der Waals surface area contributed by atoms with Crippen molar-refractivity contribution in [1.29, 1.82) is 0 Å². The molecule has 0 aliphatic carbocycles. The Balaban J connectivity index is 1.75. The second-order valence-corrected chi connectivity index (χ2v) is 6.32. The van der Waals surface area contributed by atoms with Crippen molar-refractivity contribution < 1.29 is 23.5 Å². The van der Waals surface area contributed by atoms with Gasteiger partial charge in [-0.3, -0.25) is 9.59 Å². The molecular weight excluding hydrogens is 416 g/mol. The molecule has 0 aliphatic rings. The first-order chi connectivity index (χ1) is 13.0. The van der Waals surface area contributed by atoms with E-state index in [1.54, 1.807) is 24.3 Å². The molecule has 0 radical (unpaired) electrons. The van der Waals surface area contributed by atoms with E-state index in [1.807, 2.05) is 18.2 Å². The summed E-state index contributed by atoms with van der Waals surface area (Å²) in [5.41, 5.74) is 3.65. The Kier molecular flexibility index (Phi) is 5.56. The molecule has 1 amide bonds. The molecular formula is C19H15BrN2O5. The van der Waals surface area contributed by atoms with Crippen molar-refractivity contribution >= 4 is 45.0 Å². The Labute approximate surface area is 163 Å². The van der Waals surface area contributed by atoms with Crippen LogP contribution in [0, 0.1) is 0 Å². The molecule has 0 aliphatic heterocycles. The van der Waals surface area contributed by atoms with E-state index >= 15 is 0 Å². The van der Waals surface area contributed by atoms with Gasteiger partial charge in [0.25, 0.3) is 0 Å². The van der Waals surface area contributed by atoms with Crippen LogP contribution in [0.5, 0.6) is 11.5 Å². The first kappa shape index (κ1) is 18.7. The molecule has 0 saturated heterocycles. The molecule has 2 aromatic carbocycles. The van der Waals surface area contributed by atoms with E-state index in [1.165, 1.54) is 20.2 Å². The molecule has 0 atom stereocenters. The summed E-state index contributed by atoms with van der Waals surface area (Å²) >= 11 is 3.37. The summed E-state index contributed by atoms with van der Waals surface area (Å²) in [5.74, 6) is -0.129. The molecule has 0 unspecified atom stereocenters. The van der Waals surface area contributed by atoms with Crippen molar-refractivity contribution in [2.75, 3.05) is 7.11 Å². The lowest BCUT2D eigenvalue weighted by Crippen LogP contribution is -2.16. The number of rotatable bonds is 5. The normalized spacial score (nSPS) is 10.9. The Morgan fingerprint density at radius 2 is 1.96 bits per heavy atom. The minimum absolute atomic E-state index is 0.162. The number of nitrogens with zero attached hydrogens (tertiary/aromatic N) is 1. The highest BCUT2D eigenvalue weighted by molar-refractivity contribution is 9.10.